The van der Waals surface area contributed by atoms with E-state index in [1.807, 2.05) is 0 Å². The molecule has 0 saturated heterocycles. The van der Waals surface area contributed by atoms with Gasteiger partial charge in [-0.05, 0) is 55.4 Å². The van der Waals surface area contributed by atoms with Crippen LogP contribution < -0.4 is 5.73 Å². The summed E-state index contributed by atoms with van der Waals surface area (Å²) in [4.78, 5) is 0. The summed E-state index contributed by atoms with van der Waals surface area (Å²) < 4.78 is 0. The van der Waals surface area contributed by atoms with Gasteiger partial charge in [-0.1, -0.05) is 20.3 Å². The predicted molar refractivity (Wildman–Crippen MR) is 56.3 cm³/mol. The van der Waals surface area contributed by atoms with Gasteiger partial charge >= 0.3 is 0 Å². The molecule has 2 fully saturated rings. The van der Waals surface area contributed by atoms with E-state index in [-0.39, 0.29) is 0 Å². The number of fused-ring (bicyclic) bond motifs is 1. The van der Waals surface area contributed by atoms with Crippen molar-refractivity contribution in [2.24, 2.45) is 35.3 Å². The molecule has 76 valence electrons. The highest BCUT2D eigenvalue weighted by Gasteiger charge is 2.44. The van der Waals surface area contributed by atoms with Crippen molar-refractivity contribution >= 4 is 0 Å². The second kappa shape index (κ2) is 3.61. The van der Waals surface area contributed by atoms with Crippen LogP contribution in [0.2, 0.25) is 0 Å². The molecule has 0 amide bonds. The largest absolute Gasteiger partial charge is 0.330 e. The molecule has 1 heteroatoms. The minimum atomic E-state index is 0.753. The van der Waals surface area contributed by atoms with Crippen LogP contribution in [0.3, 0.4) is 0 Å². The van der Waals surface area contributed by atoms with E-state index < -0.39 is 0 Å². The van der Waals surface area contributed by atoms with Gasteiger partial charge in [-0.2, -0.15) is 0 Å². The fourth-order valence-corrected chi connectivity index (χ4v) is 3.69. The van der Waals surface area contributed by atoms with Crippen LogP contribution in [-0.2, 0) is 0 Å². The normalized spacial score (nSPS) is 46.4. The molecule has 0 aromatic rings. The van der Waals surface area contributed by atoms with Crippen LogP contribution in [0.25, 0.3) is 0 Å². The Balaban J connectivity index is 2.03. The van der Waals surface area contributed by atoms with Gasteiger partial charge in [0.2, 0.25) is 0 Å². The SMILES string of the molecule is CC1CCC2CC[C@H]2C1[C@H](C)CN. The van der Waals surface area contributed by atoms with Crippen molar-refractivity contribution in [1.29, 1.82) is 0 Å². The monoisotopic (exact) mass is 181 g/mol. The van der Waals surface area contributed by atoms with Gasteiger partial charge in [0, 0.05) is 0 Å². The van der Waals surface area contributed by atoms with Crippen molar-refractivity contribution in [3.05, 3.63) is 0 Å². The minimum absolute atomic E-state index is 0.753. The van der Waals surface area contributed by atoms with Gasteiger partial charge in [0.15, 0.2) is 0 Å². The van der Waals surface area contributed by atoms with Crippen LogP contribution in [0.5, 0.6) is 0 Å². The Morgan fingerprint density at radius 1 is 1.23 bits per heavy atom. The summed E-state index contributed by atoms with van der Waals surface area (Å²) in [5.74, 6) is 4.75. The van der Waals surface area contributed by atoms with Crippen molar-refractivity contribution in [2.75, 3.05) is 6.54 Å². The van der Waals surface area contributed by atoms with Crippen molar-refractivity contribution in [3.8, 4) is 0 Å². The predicted octanol–water partition coefficient (Wildman–Crippen LogP) is 2.65. The van der Waals surface area contributed by atoms with Crippen molar-refractivity contribution in [3.63, 3.8) is 0 Å². The summed E-state index contributed by atoms with van der Waals surface area (Å²) in [6, 6.07) is 0. The Morgan fingerprint density at radius 2 is 1.92 bits per heavy atom. The summed E-state index contributed by atoms with van der Waals surface area (Å²) >= 11 is 0. The molecule has 5 atom stereocenters. The molecular weight excluding hydrogens is 158 g/mol. The third kappa shape index (κ3) is 1.52. The number of rotatable bonds is 2. The second-order valence-corrected chi connectivity index (χ2v) is 5.35. The highest BCUT2D eigenvalue weighted by molar-refractivity contribution is 4.94. The van der Waals surface area contributed by atoms with Crippen molar-refractivity contribution in [1.82, 2.24) is 0 Å². The van der Waals surface area contributed by atoms with Gasteiger partial charge in [-0.25, -0.2) is 0 Å². The minimum Gasteiger partial charge on any atom is -0.330 e. The summed E-state index contributed by atoms with van der Waals surface area (Å²) in [7, 11) is 0. The standard InChI is InChI=1S/C12H23N/c1-8-3-4-10-5-6-11(10)12(8)9(2)7-13/h8-12H,3-7,13H2,1-2H3/t8?,9-,10?,11-,12?/m1/s1. The molecule has 0 radical (unpaired) electrons. The maximum atomic E-state index is 5.80. The number of hydrogen-bond donors (Lipinski definition) is 1. The molecule has 0 bridgehead atoms. The fraction of sp³-hybridized carbons (Fsp3) is 1.00. The quantitative estimate of drug-likeness (QED) is 0.696. The summed E-state index contributed by atoms with van der Waals surface area (Å²) in [6.45, 7) is 5.67. The van der Waals surface area contributed by atoms with E-state index in [0.717, 1.165) is 36.1 Å². The molecule has 2 aliphatic rings. The van der Waals surface area contributed by atoms with E-state index in [9.17, 15) is 0 Å². The van der Waals surface area contributed by atoms with E-state index >= 15 is 0 Å². The smallest absolute Gasteiger partial charge is 0.00487 e. The van der Waals surface area contributed by atoms with Crippen LogP contribution in [0.4, 0.5) is 0 Å². The molecule has 1 nitrogen and oxygen atoms in total. The molecule has 0 aromatic carbocycles. The molecule has 0 spiro atoms. The lowest BCUT2D eigenvalue weighted by Crippen LogP contribution is -2.44. The summed E-state index contributed by atoms with van der Waals surface area (Å²) in [5, 5.41) is 0. The molecule has 13 heavy (non-hydrogen) atoms. The molecule has 0 heterocycles. The lowest BCUT2D eigenvalue weighted by Gasteiger charge is -2.51. The zero-order chi connectivity index (χ0) is 9.42. The summed E-state index contributed by atoms with van der Waals surface area (Å²) in [6.07, 6.45) is 5.95. The highest BCUT2D eigenvalue weighted by Crippen LogP contribution is 2.52. The molecule has 2 rings (SSSR count). The lowest BCUT2D eigenvalue weighted by molar-refractivity contribution is -0.0100. The van der Waals surface area contributed by atoms with E-state index in [1.165, 1.54) is 25.7 Å². The second-order valence-electron chi connectivity index (χ2n) is 5.35. The van der Waals surface area contributed by atoms with Crippen LogP contribution in [-0.4, -0.2) is 6.54 Å². The zero-order valence-corrected chi connectivity index (χ0v) is 9.00. The van der Waals surface area contributed by atoms with Crippen LogP contribution >= 0.6 is 0 Å². The molecule has 2 aliphatic carbocycles. The average molecular weight is 181 g/mol. The molecule has 3 unspecified atom stereocenters. The molecular formula is C12H23N. The first-order valence-electron chi connectivity index (χ1n) is 5.94. The van der Waals surface area contributed by atoms with E-state index in [4.69, 9.17) is 5.73 Å². The van der Waals surface area contributed by atoms with Crippen molar-refractivity contribution < 1.29 is 0 Å². The Bertz CT molecular complexity index is 174. The Labute approximate surface area is 82.1 Å². The van der Waals surface area contributed by atoms with Gasteiger partial charge in [-0.15, -0.1) is 0 Å². The van der Waals surface area contributed by atoms with Crippen molar-refractivity contribution in [2.45, 2.75) is 39.5 Å². The first-order valence-corrected chi connectivity index (χ1v) is 5.94. The molecule has 0 aliphatic heterocycles. The van der Waals surface area contributed by atoms with E-state index in [1.54, 1.807) is 0 Å². The zero-order valence-electron chi connectivity index (χ0n) is 9.00. The van der Waals surface area contributed by atoms with Gasteiger partial charge in [0.25, 0.3) is 0 Å². The third-order valence-electron chi connectivity index (χ3n) is 4.65. The van der Waals surface area contributed by atoms with Gasteiger partial charge in [-0.3, -0.25) is 0 Å². The van der Waals surface area contributed by atoms with Gasteiger partial charge in [0.05, 0.1) is 0 Å². The maximum absolute atomic E-state index is 5.80. The van der Waals surface area contributed by atoms with Crippen LogP contribution in [0.1, 0.15) is 39.5 Å². The Kier molecular flexibility index (Phi) is 2.64. The summed E-state index contributed by atoms with van der Waals surface area (Å²) in [5.41, 5.74) is 5.80. The van der Waals surface area contributed by atoms with Gasteiger partial charge in [0.1, 0.15) is 0 Å². The Hall–Kier alpha value is -0.0400. The van der Waals surface area contributed by atoms with Crippen LogP contribution in [0.15, 0.2) is 0 Å². The fourth-order valence-electron chi connectivity index (χ4n) is 3.69. The first kappa shape index (κ1) is 9.51. The number of hydrogen-bond acceptors (Lipinski definition) is 1. The highest BCUT2D eigenvalue weighted by atomic mass is 14.6. The third-order valence-corrected chi connectivity index (χ3v) is 4.65. The molecule has 2 saturated carbocycles. The Morgan fingerprint density at radius 3 is 2.46 bits per heavy atom. The first-order chi connectivity index (χ1) is 6.24. The van der Waals surface area contributed by atoms with Gasteiger partial charge < -0.3 is 5.73 Å². The topological polar surface area (TPSA) is 26.0 Å². The average Bonchev–Trinajstić information content (AvgIpc) is 2.09. The maximum Gasteiger partial charge on any atom is -0.00487 e. The van der Waals surface area contributed by atoms with E-state index in [0.29, 0.717) is 0 Å². The lowest BCUT2D eigenvalue weighted by atomic mass is 9.55. The van der Waals surface area contributed by atoms with E-state index in [2.05, 4.69) is 13.8 Å². The number of nitrogens with two attached hydrogens (primary N) is 1. The molecule has 2 N–H and O–H groups in total. The molecule has 0 aromatic heterocycles. The van der Waals surface area contributed by atoms with Crippen LogP contribution in [0, 0.1) is 29.6 Å².